The summed E-state index contributed by atoms with van der Waals surface area (Å²) in [5.74, 6) is -4.06. The molecule has 0 saturated carbocycles. The molecule has 19 heavy (non-hydrogen) atoms. The van der Waals surface area contributed by atoms with Crippen LogP contribution in [0.4, 0.5) is 22.0 Å². The van der Waals surface area contributed by atoms with E-state index in [2.05, 4.69) is 10.3 Å². The average molecular weight is 277 g/mol. The molecule has 0 N–H and O–H groups in total. The van der Waals surface area contributed by atoms with Gasteiger partial charge in [0.25, 0.3) is 5.78 Å². The normalized spacial score (nSPS) is 11.6. The third kappa shape index (κ3) is 2.75. The number of ketones is 1. The van der Waals surface area contributed by atoms with E-state index >= 15 is 0 Å². The van der Waals surface area contributed by atoms with Gasteiger partial charge >= 0.3 is 6.18 Å². The van der Waals surface area contributed by atoms with Crippen molar-refractivity contribution in [2.45, 2.75) is 6.18 Å². The molecule has 0 spiro atoms. The zero-order chi connectivity index (χ0) is 14.2. The van der Waals surface area contributed by atoms with Crippen LogP contribution in [0.1, 0.15) is 10.5 Å². The number of alkyl halides is 3. The van der Waals surface area contributed by atoms with E-state index in [0.29, 0.717) is 16.9 Å². The SMILES string of the molecule is O=C(c1cn(-c2cc(F)cc(F)c2)nn1)C(F)(F)F. The van der Waals surface area contributed by atoms with Crippen LogP contribution in [-0.4, -0.2) is 27.0 Å². The van der Waals surface area contributed by atoms with Crippen LogP contribution in [0.2, 0.25) is 0 Å². The highest BCUT2D eigenvalue weighted by Crippen LogP contribution is 2.20. The van der Waals surface area contributed by atoms with Crippen molar-refractivity contribution < 1.29 is 26.7 Å². The van der Waals surface area contributed by atoms with Crippen molar-refractivity contribution in [1.82, 2.24) is 15.0 Å². The van der Waals surface area contributed by atoms with Crippen LogP contribution >= 0.6 is 0 Å². The van der Waals surface area contributed by atoms with Crippen LogP contribution in [0.25, 0.3) is 5.69 Å². The molecule has 0 saturated heterocycles. The zero-order valence-corrected chi connectivity index (χ0v) is 8.95. The largest absolute Gasteiger partial charge is 0.456 e. The molecule has 1 aromatic carbocycles. The highest BCUT2D eigenvalue weighted by atomic mass is 19.4. The molecule has 100 valence electrons. The molecule has 1 aromatic heterocycles. The third-order valence-corrected chi connectivity index (χ3v) is 2.10. The van der Waals surface area contributed by atoms with Gasteiger partial charge in [0.15, 0.2) is 5.69 Å². The molecule has 0 atom stereocenters. The molecule has 0 fully saturated rings. The number of nitrogens with zero attached hydrogens (tertiary/aromatic N) is 3. The van der Waals surface area contributed by atoms with Crippen molar-refractivity contribution in [2.24, 2.45) is 0 Å². The lowest BCUT2D eigenvalue weighted by Gasteiger charge is -2.01. The van der Waals surface area contributed by atoms with Crippen LogP contribution in [0.3, 0.4) is 0 Å². The molecule has 2 rings (SSSR count). The number of Topliss-reactive ketones (excluding diaryl/α,β-unsaturated/α-hetero) is 1. The van der Waals surface area contributed by atoms with Gasteiger partial charge in [0.05, 0.1) is 11.9 Å². The lowest BCUT2D eigenvalue weighted by atomic mass is 10.3. The monoisotopic (exact) mass is 277 g/mol. The van der Waals surface area contributed by atoms with Gasteiger partial charge in [0.2, 0.25) is 0 Å². The molecule has 0 aliphatic rings. The summed E-state index contributed by atoms with van der Waals surface area (Å²) in [7, 11) is 0. The first-order valence-corrected chi connectivity index (χ1v) is 4.78. The van der Waals surface area contributed by atoms with Crippen molar-refractivity contribution in [2.75, 3.05) is 0 Å². The van der Waals surface area contributed by atoms with E-state index < -0.39 is 29.3 Å². The molecular weight excluding hydrogens is 273 g/mol. The first kappa shape index (κ1) is 13.1. The lowest BCUT2D eigenvalue weighted by molar-refractivity contribution is -0.0888. The first-order valence-electron chi connectivity index (χ1n) is 4.78. The minimum absolute atomic E-state index is 0.189. The maximum absolute atomic E-state index is 12.9. The van der Waals surface area contributed by atoms with Crippen molar-refractivity contribution in [3.8, 4) is 5.69 Å². The minimum Gasteiger partial charge on any atom is -0.282 e. The Bertz CT molecular complexity index is 614. The van der Waals surface area contributed by atoms with Gasteiger partial charge in [-0.2, -0.15) is 13.2 Å². The summed E-state index contributed by atoms with van der Waals surface area (Å²) in [5, 5.41) is 6.23. The number of aromatic nitrogens is 3. The van der Waals surface area contributed by atoms with Gasteiger partial charge < -0.3 is 0 Å². The first-order chi connectivity index (χ1) is 8.77. The van der Waals surface area contributed by atoms with E-state index in [1.165, 1.54) is 0 Å². The van der Waals surface area contributed by atoms with Crippen molar-refractivity contribution in [3.63, 3.8) is 0 Å². The second-order valence-corrected chi connectivity index (χ2v) is 3.50. The highest BCUT2D eigenvalue weighted by Gasteiger charge is 2.41. The fourth-order valence-electron chi connectivity index (χ4n) is 1.31. The van der Waals surface area contributed by atoms with E-state index in [4.69, 9.17) is 0 Å². The van der Waals surface area contributed by atoms with Gasteiger partial charge in [-0.15, -0.1) is 5.10 Å². The quantitative estimate of drug-likeness (QED) is 0.625. The topological polar surface area (TPSA) is 47.8 Å². The Balaban J connectivity index is 2.38. The number of hydrogen-bond donors (Lipinski definition) is 0. The molecule has 1 heterocycles. The van der Waals surface area contributed by atoms with Gasteiger partial charge in [-0.1, -0.05) is 5.21 Å². The van der Waals surface area contributed by atoms with Crippen LogP contribution in [0.15, 0.2) is 24.4 Å². The fourth-order valence-corrected chi connectivity index (χ4v) is 1.31. The number of halogens is 5. The maximum atomic E-state index is 12.9. The average Bonchev–Trinajstić information content (AvgIpc) is 2.74. The Morgan fingerprint density at radius 3 is 2.21 bits per heavy atom. The van der Waals surface area contributed by atoms with Gasteiger partial charge in [0, 0.05) is 6.07 Å². The van der Waals surface area contributed by atoms with Crippen LogP contribution in [-0.2, 0) is 0 Å². The third-order valence-electron chi connectivity index (χ3n) is 2.10. The van der Waals surface area contributed by atoms with Crippen LogP contribution in [0.5, 0.6) is 0 Å². The molecule has 4 nitrogen and oxygen atoms in total. The molecule has 9 heteroatoms. The highest BCUT2D eigenvalue weighted by molar-refractivity contribution is 5.98. The minimum atomic E-state index is -5.09. The molecule has 0 amide bonds. The van der Waals surface area contributed by atoms with Gasteiger partial charge in [-0.05, 0) is 12.1 Å². The molecule has 0 radical (unpaired) electrons. The Kier molecular flexibility index (Phi) is 3.05. The molecule has 0 bridgehead atoms. The standard InChI is InChI=1S/C10H4F5N3O/c11-5-1-6(12)3-7(2-5)18-4-8(16-17-18)9(19)10(13,14)15/h1-4H. The second kappa shape index (κ2) is 4.41. The van der Waals surface area contributed by atoms with Crippen LogP contribution < -0.4 is 0 Å². The molecule has 0 aliphatic carbocycles. The van der Waals surface area contributed by atoms with Gasteiger partial charge in [0.1, 0.15) is 11.6 Å². The zero-order valence-electron chi connectivity index (χ0n) is 8.95. The Morgan fingerprint density at radius 1 is 1.11 bits per heavy atom. The van der Waals surface area contributed by atoms with E-state index in [9.17, 15) is 26.7 Å². The van der Waals surface area contributed by atoms with E-state index in [-0.39, 0.29) is 5.69 Å². The van der Waals surface area contributed by atoms with Crippen molar-refractivity contribution in [3.05, 3.63) is 41.7 Å². The predicted octanol–water partition coefficient (Wildman–Crippen LogP) is 2.29. The van der Waals surface area contributed by atoms with Gasteiger partial charge in [-0.3, -0.25) is 4.79 Å². The smallest absolute Gasteiger partial charge is 0.282 e. The van der Waals surface area contributed by atoms with Crippen LogP contribution in [0, 0.1) is 11.6 Å². The summed E-state index contributed by atoms with van der Waals surface area (Å²) in [4.78, 5) is 10.9. The Morgan fingerprint density at radius 2 is 1.68 bits per heavy atom. The van der Waals surface area contributed by atoms with E-state index in [0.717, 1.165) is 12.1 Å². The maximum Gasteiger partial charge on any atom is 0.456 e. The van der Waals surface area contributed by atoms with Crippen molar-refractivity contribution in [1.29, 1.82) is 0 Å². The summed E-state index contributed by atoms with van der Waals surface area (Å²) in [5.41, 5.74) is -1.15. The van der Waals surface area contributed by atoms with Gasteiger partial charge in [-0.25, -0.2) is 13.5 Å². The Labute approximate surface area is 102 Å². The molecule has 2 aromatic rings. The van der Waals surface area contributed by atoms with E-state index in [1.807, 2.05) is 0 Å². The Hall–Kier alpha value is -2.32. The van der Waals surface area contributed by atoms with E-state index in [1.54, 1.807) is 0 Å². The molecule has 0 aliphatic heterocycles. The number of benzene rings is 1. The second-order valence-electron chi connectivity index (χ2n) is 3.50. The lowest BCUT2D eigenvalue weighted by Crippen LogP contribution is -2.23. The molecule has 0 unspecified atom stereocenters. The van der Waals surface area contributed by atoms with Crippen molar-refractivity contribution >= 4 is 5.78 Å². The fraction of sp³-hybridized carbons (Fsp3) is 0.100. The number of carbonyl (C=O) groups is 1. The summed E-state index contributed by atoms with van der Waals surface area (Å²) < 4.78 is 62.9. The number of rotatable bonds is 2. The number of carbonyl (C=O) groups excluding carboxylic acids is 1. The molecular formula is C10H4F5N3O. The summed E-state index contributed by atoms with van der Waals surface area (Å²) >= 11 is 0. The predicted molar refractivity (Wildman–Crippen MR) is 51.7 cm³/mol. The summed E-state index contributed by atoms with van der Waals surface area (Å²) in [6.45, 7) is 0. The summed E-state index contributed by atoms with van der Waals surface area (Å²) in [6, 6.07) is 2.25. The number of hydrogen-bond acceptors (Lipinski definition) is 3. The summed E-state index contributed by atoms with van der Waals surface area (Å²) in [6.07, 6.45) is -4.45.